The summed E-state index contributed by atoms with van der Waals surface area (Å²) in [6.07, 6.45) is -6.51. The van der Waals surface area contributed by atoms with Crippen molar-refractivity contribution >= 4 is 42.4 Å². The second-order valence-electron chi connectivity index (χ2n) is 7.87. The molecular weight excluding hydrogens is 464 g/mol. The number of pyridine rings is 2. The van der Waals surface area contributed by atoms with Gasteiger partial charge in [0, 0.05) is 25.9 Å². The molecule has 2 N–H and O–H groups in total. The number of aromatic nitrogens is 2. The van der Waals surface area contributed by atoms with Crippen LogP contribution in [-0.2, 0) is 16.1 Å². The molecule has 33 heavy (non-hydrogen) atoms. The fourth-order valence-corrected chi connectivity index (χ4v) is 3.64. The zero-order valence-electron chi connectivity index (χ0n) is 18.1. The van der Waals surface area contributed by atoms with Gasteiger partial charge in [0.05, 0.1) is 17.1 Å². The minimum absolute atomic E-state index is 0. The van der Waals surface area contributed by atoms with Crippen LogP contribution in [0.1, 0.15) is 18.2 Å². The number of carbonyl (C=O) groups excluding carboxylic acids is 1. The largest absolute Gasteiger partial charge is 0.377 e. The monoisotopic (exact) mass is 488 g/mol. The normalized spacial score (nSPS) is 21.1. The first-order chi connectivity index (χ1) is 14.9. The molecule has 0 radical (unpaired) electrons. The molecule has 0 spiro atoms. The Balaban J connectivity index is 0.00000306. The van der Waals surface area contributed by atoms with E-state index < -0.39 is 25.3 Å². The van der Waals surface area contributed by atoms with Crippen molar-refractivity contribution in [3.05, 3.63) is 35.7 Å². The van der Waals surface area contributed by atoms with E-state index in [2.05, 4.69) is 25.3 Å². The van der Waals surface area contributed by atoms with Crippen LogP contribution in [0.15, 0.2) is 24.4 Å². The van der Waals surface area contributed by atoms with E-state index in [9.17, 15) is 22.4 Å². The average Bonchev–Trinajstić information content (AvgIpc) is 2.69. The molecular formula is C20H24F4N6O2S. The summed E-state index contributed by atoms with van der Waals surface area (Å²) in [7, 11) is 1.83. The molecule has 2 aromatic heterocycles. The third-order valence-electron chi connectivity index (χ3n) is 5.42. The summed E-state index contributed by atoms with van der Waals surface area (Å²) >= 11 is 0. The van der Waals surface area contributed by atoms with E-state index in [1.54, 1.807) is 19.9 Å². The topological polar surface area (TPSA) is 82.6 Å². The Bertz CT molecular complexity index is 1020. The van der Waals surface area contributed by atoms with Crippen molar-refractivity contribution in [1.29, 1.82) is 0 Å². The molecule has 1 saturated heterocycles. The van der Waals surface area contributed by atoms with Crippen molar-refractivity contribution in [1.82, 2.24) is 9.97 Å². The van der Waals surface area contributed by atoms with E-state index in [0.717, 1.165) is 10.6 Å². The molecule has 1 fully saturated rings. The van der Waals surface area contributed by atoms with Crippen molar-refractivity contribution in [2.24, 2.45) is 0 Å². The molecule has 2 aromatic rings. The molecule has 4 rings (SSSR count). The Kier molecular flexibility index (Phi) is 6.67. The summed E-state index contributed by atoms with van der Waals surface area (Å²) in [6.45, 7) is 1.90. The van der Waals surface area contributed by atoms with Crippen LogP contribution in [-0.4, -0.2) is 54.3 Å². The summed E-state index contributed by atoms with van der Waals surface area (Å²) in [5, 5.41) is 6.02. The van der Waals surface area contributed by atoms with Gasteiger partial charge in [0.15, 0.2) is 0 Å². The van der Waals surface area contributed by atoms with E-state index in [0.29, 0.717) is 29.3 Å². The van der Waals surface area contributed by atoms with Crippen molar-refractivity contribution in [2.75, 3.05) is 40.6 Å². The highest BCUT2D eigenvalue weighted by Gasteiger charge is 2.51. The first-order valence-electron chi connectivity index (χ1n) is 9.89. The van der Waals surface area contributed by atoms with E-state index in [1.807, 2.05) is 18.0 Å². The maximum absolute atomic E-state index is 13.4. The SMILES string of the molecule is Cc1nc(NCc2ccc(N3CC(F)(F)OC(F)(F)C3)nc2)cc2c1NC(=O)[C@H](C)N2C.S. The number of nitrogens with zero attached hydrogens (tertiary/aromatic N) is 4. The van der Waals surface area contributed by atoms with Crippen LogP contribution in [0.3, 0.4) is 0 Å². The highest BCUT2D eigenvalue weighted by molar-refractivity contribution is 7.59. The quantitative estimate of drug-likeness (QED) is 0.639. The van der Waals surface area contributed by atoms with Crippen molar-refractivity contribution < 1.29 is 27.1 Å². The van der Waals surface area contributed by atoms with E-state index in [4.69, 9.17) is 0 Å². The average molecular weight is 489 g/mol. The number of fused-ring (bicyclic) bond motifs is 1. The Labute approximate surface area is 194 Å². The lowest BCUT2D eigenvalue weighted by molar-refractivity contribution is -0.380. The minimum Gasteiger partial charge on any atom is -0.366 e. The summed E-state index contributed by atoms with van der Waals surface area (Å²) in [5.74, 6) is 0.478. The molecule has 13 heteroatoms. The fraction of sp³-hybridized carbons (Fsp3) is 0.450. The van der Waals surface area contributed by atoms with E-state index in [-0.39, 0.29) is 31.3 Å². The molecule has 0 bridgehead atoms. The lowest BCUT2D eigenvalue weighted by atomic mass is 10.1. The van der Waals surface area contributed by atoms with Crippen LogP contribution in [0.4, 0.5) is 40.6 Å². The molecule has 2 aliphatic rings. The zero-order valence-corrected chi connectivity index (χ0v) is 19.1. The lowest BCUT2D eigenvalue weighted by Crippen LogP contribution is -2.55. The number of amides is 1. The number of rotatable bonds is 4. The standard InChI is InChI=1S/C20H22F4N6O2.H2S/c1-11-17-14(29(3)12(2)18(31)28-17)6-15(27-11)25-7-13-4-5-16(26-8-13)30-9-19(21,22)32-20(23,24)10-30;/h4-6,8,12H,7,9-10H2,1-3H3,(H,25,27)(H,28,31);1H2/t12-;/m0./s1. The van der Waals surface area contributed by atoms with Gasteiger partial charge in [-0.3, -0.25) is 9.53 Å². The van der Waals surface area contributed by atoms with Crippen LogP contribution < -0.4 is 20.4 Å². The number of morpholine rings is 1. The number of ether oxygens (including phenoxy) is 1. The summed E-state index contributed by atoms with van der Waals surface area (Å²) in [4.78, 5) is 23.2. The molecule has 0 saturated carbocycles. The molecule has 2 aliphatic heterocycles. The van der Waals surface area contributed by atoms with Crippen LogP contribution in [0.5, 0.6) is 0 Å². The maximum atomic E-state index is 13.4. The van der Waals surface area contributed by atoms with Gasteiger partial charge < -0.3 is 20.4 Å². The molecule has 8 nitrogen and oxygen atoms in total. The highest BCUT2D eigenvalue weighted by Crippen LogP contribution is 2.36. The highest BCUT2D eigenvalue weighted by atomic mass is 32.1. The second-order valence-corrected chi connectivity index (χ2v) is 7.87. The molecule has 180 valence electrons. The van der Waals surface area contributed by atoms with Crippen LogP contribution in [0.25, 0.3) is 0 Å². The first-order valence-corrected chi connectivity index (χ1v) is 9.89. The van der Waals surface area contributed by atoms with Gasteiger partial charge in [0.25, 0.3) is 0 Å². The number of hydrogen-bond acceptors (Lipinski definition) is 7. The van der Waals surface area contributed by atoms with Gasteiger partial charge in [-0.2, -0.15) is 31.1 Å². The Hall–Kier alpha value is -2.80. The third-order valence-corrected chi connectivity index (χ3v) is 5.42. The van der Waals surface area contributed by atoms with Gasteiger partial charge in [-0.25, -0.2) is 9.97 Å². The molecule has 1 amide bonds. The molecule has 0 unspecified atom stereocenters. The van der Waals surface area contributed by atoms with Gasteiger partial charge in [0.2, 0.25) is 5.91 Å². The lowest BCUT2D eigenvalue weighted by Gasteiger charge is -2.37. The van der Waals surface area contributed by atoms with Crippen molar-refractivity contribution in [3.63, 3.8) is 0 Å². The zero-order chi connectivity index (χ0) is 23.3. The minimum atomic E-state index is -3.97. The predicted molar refractivity (Wildman–Crippen MR) is 121 cm³/mol. The number of halogens is 4. The predicted octanol–water partition coefficient (Wildman–Crippen LogP) is 3.31. The third kappa shape index (κ3) is 5.24. The number of nitrogens with one attached hydrogen (secondary N) is 2. The van der Waals surface area contributed by atoms with Gasteiger partial charge in [-0.15, -0.1) is 0 Å². The Morgan fingerprint density at radius 3 is 2.52 bits per heavy atom. The van der Waals surface area contributed by atoms with Gasteiger partial charge in [-0.05, 0) is 25.5 Å². The smallest absolute Gasteiger partial charge is 0.366 e. The maximum Gasteiger partial charge on any atom is 0.377 e. The fourth-order valence-electron chi connectivity index (χ4n) is 3.64. The number of alkyl halides is 4. The summed E-state index contributed by atoms with van der Waals surface area (Å²) in [5.41, 5.74) is 2.84. The summed E-state index contributed by atoms with van der Waals surface area (Å²) < 4.78 is 57.3. The first kappa shape index (κ1) is 24.8. The van der Waals surface area contributed by atoms with Gasteiger partial charge in [-0.1, -0.05) is 6.07 Å². The van der Waals surface area contributed by atoms with Crippen LogP contribution >= 0.6 is 13.5 Å². The number of hydrogen-bond donors (Lipinski definition) is 2. The molecule has 0 aliphatic carbocycles. The number of anilines is 4. The van der Waals surface area contributed by atoms with Gasteiger partial charge in [0.1, 0.15) is 30.8 Å². The Morgan fingerprint density at radius 1 is 1.24 bits per heavy atom. The van der Waals surface area contributed by atoms with Crippen molar-refractivity contribution in [2.45, 2.75) is 38.7 Å². The number of aryl methyl sites for hydroxylation is 1. The second kappa shape index (κ2) is 8.86. The van der Waals surface area contributed by atoms with Crippen molar-refractivity contribution in [3.8, 4) is 0 Å². The number of carbonyl (C=O) groups is 1. The number of likely N-dealkylation sites (N-methyl/N-ethyl adjacent to an activating group) is 1. The van der Waals surface area contributed by atoms with Crippen LogP contribution in [0, 0.1) is 6.92 Å². The molecule has 0 aromatic carbocycles. The molecule has 1 atom stereocenters. The summed E-state index contributed by atoms with van der Waals surface area (Å²) in [6, 6.07) is 4.51. The Morgan fingerprint density at radius 2 is 1.91 bits per heavy atom. The van der Waals surface area contributed by atoms with E-state index >= 15 is 0 Å². The van der Waals surface area contributed by atoms with E-state index in [1.165, 1.54) is 12.3 Å². The molecule has 4 heterocycles. The van der Waals surface area contributed by atoms with Crippen LogP contribution in [0.2, 0.25) is 0 Å². The van der Waals surface area contributed by atoms with Gasteiger partial charge >= 0.3 is 12.2 Å².